The topological polar surface area (TPSA) is 63.3 Å². The van der Waals surface area contributed by atoms with E-state index in [4.69, 9.17) is 9.52 Å². The van der Waals surface area contributed by atoms with Gasteiger partial charge in [-0.1, -0.05) is 17.8 Å². The third kappa shape index (κ3) is 3.31. The van der Waals surface area contributed by atoms with Gasteiger partial charge in [0.25, 0.3) is 11.3 Å². The van der Waals surface area contributed by atoms with Crippen LogP contribution in [0.1, 0.15) is 16.8 Å². The van der Waals surface area contributed by atoms with E-state index in [1.165, 1.54) is 6.07 Å². The van der Waals surface area contributed by atoms with E-state index in [-0.39, 0.29) is 22.7 Å². The van der Waals surface area contributed by atoms with Crippen LogP contribution in [0.2, 0.25) is 0 Å². The molecule has 0 aliphatic heterocycles. The molecule has 1 aromatic heterocycles. The molecule has 2 rings (SSSR count). The summed E-state index contributed by atoms with van der Waals surface area (Å²) < 4.78 is 29.0. The highest BCUT2D eigenvalue weighted by atomic mass is 32.2. The molecule has 2 aromatic rings. The molecular weight excluding hydrogens is 276 g/mol. The van der Waals surface area contributed by atoms with E-state index in [0.29, 0.717) is 11.3 Å². The van der Waals surface area contributed by atoms with Crippen LogP contribution in [0, 0.1) is 0 Å². The minimum atomic E-state index is -1.72. The number of nitrogens with zero attached hydrogens (tertiary/aromatic N) is 1. The summed E-state index contributed by atoms with van der Waals surface area (Å²) in [5.74, 6) is -0.704. The van der Waals surface area contributed by atoms with E-state index in [9.17, 15) is 13.6 Å². The van der Waals surface area contributed by atoms with Gasteiger partial charge in [-0.15, -0.1) is 0 Å². The van der Waals surface area contributed by atoms with Crippen LogP contribution >= 0.6 is 11.8 Å². The Bertz CT molecular complexity index is 635. The number of aromatic carboxylic acids is 1. The summed E-state index contributed by atoms with van der Waals surface area (Å²) in [6.07, 6.45) is -0.707. The minimum Gasteiger partial charge on any atom is -0.478 e. The molecule has 1 aromatic carbocycles. The zero-order valence-corrected chi connectivity index (χ0v) is 10.4. The maximum absolute atomic E-state index is 11.8. The summed E-state index contributed by atoms with van der Waals surface area (Å²) in [4.78, 5) is 15.0. The zero-order chi connectivity index (χ0) is 13.8. The van der Waals surface area contributed by atoms with Crippen LogP contribution < -0.4 is 0 Å². The van der Waals surface area contributed by atoms with Crippen molar-refractivity contribution >= 4 is 28.8 Å². The number of oxazole rings is 1. The molecule has 7 heteroatoms. The van der Waals surface area contributed by atoms with Crippen molar-refractivity contribution in [3.8, 4) is 0 Å². The van der Waals surface area contributed by atoms with Gasteiger partial charge in [0.15, 0.2) is 5.58 Å². The molecule has 0 spiro atoms. The first-order valence-electron chi connectivity index (χ1n) is 5.34. The molecule has 0 bridgehead atoms. The molecule has 0 unspecified atom stereocenters. The first-order chi connectivity index (χ1) is 9.08. The molecule has 0 fully saturated rings. The second-order valence-electron chi connectivity index (χ2n) is 3.57. The standard InChI is InChI=1S/C12H9F2NO3S/c13-9(14)5-2-6-19-12-15-10-7(11(16)17)3-1-4-8(10)18-12/h1,3-5H,2,6H2,(H,16,17). The van der Waals surface area contributed by atoms with Gasteiger partial charge >= 0.3 is 5.97 Å². The SMILES string of the molecule is O=C(O)c1cccc2oc(SCCC=C(F)F)nc12. The van der Waals surface area contributed by atoms with Gasteiger partial charge in [0.1, 0.15) is 5.52 Å². The molecule has 0 radical (unpaired) electrons. The number of hydrogen-bond acceptors (Lipinski definition) is 4. The van der Waals surface area contributed by atoms with Crippen molar-refractivity contribution < 1.29 is 23.1 Å². The number of fused-ring (bicyclic) bond motifs is 1. The fourth-order valence-corrected chi connectivity index (χ4v) is 2.19. The van der Waals surface area contributed by atoms with Crippen molar-refractivity contribution in [2.45, 2.75) is 11.6 Å². The summed E-state index contributed by atoms with van der Waals surface area (Å²) in [5.41, 5.74) is 0.696. The average molecular weight is 285 g/mol. The Morgan fingerprint density at radius 2 is 2.26 bits per heavy atom. The number of allylic oxidation sites excluding steroid dienone is 1. The molecule has 0 aliphatic rings. The summed E-state index contributed by atoms with van der Waals surface area (Å²) in [5, 5.41) is 9.26. The van der Waals surface area contributed by atoms with Crippen LogP contribution in [0.25, 0.3) is 11.1 Å². The van der Waals surface area contributed by atoms with Crippen molar-refractivity contribution in [2.75, 3.05) is 5.75 Å². The molecular formula is C12H9F2NO3S. The predicted molar refractivity (Wildman–Crippen MR) is 66.6 cm³/mol. The first kappa shape index (κ1) is 13.5. The van der Waals surface area contributed by atoms with E-state index in [0.717, 1.165) is 17.8 Å². The number of carboxylic acids is 1. The Morgan fingerprint density at radius 3 is 2.95 bits per heavy atom. The highest BCUT2D eigenvalue weighted by Gasteiger charge is 2.14. The van der Waals surface area contributed by atoms with Crippen LogP contribution in [-0.4, -0.2) is 21.8 Å². The number of hydrogen-bond donors (Lipinski definition) is 1. The molecule has 19 heavy (non-hydrogen) atoms. The Kier molecular flexibility index (Phi) is 4.16. The number of halogens is 2. The van der Waals surface area contributed by atoms with Crippen molar-refractivity contribution in [1.82, 2.24) is 4.98 Å². The van der Waals surface area contributed by atoms with E-state index in [2.05, 4.69) is 4.98 Å². The molecule has 0 aliphatic carbocycles. The lowest BCUT2D eigenvalue weighted by atomic mass is 10.2. The van der Waals surface area contributed by atoms with Crippen molar-refractivity contribution in [3.05, 3.63) is 35.9 Å². The number of aromatic nitrogens is 1. The highest BCUT2D eigenvalue weighted by molar-refractivity contribution is 7.99. The normalized spacial score (nSPS) is 10.6. The first-order valence-corrected chi connectivity index (χ1v) is 6.33. The lowest BCUT2D eigenvalue weighted by molar-refractivity contribution is 0.0699. The number of rotatable bonds is 5. The Balaban J connectivity index is 2.15. The van der Waals surface area contributed by atoms with E-state index < -0.39 is 12.0 Å². The second-order valence-corrected chi connectivity index (χ2v) is 4.61. The summed E-state index contributed by atoms with van der Waals surface area (Å²) in [6.45, 7) is 0. The van der Waals surface area contributed by atoms with Crippen LogP contribution in [0.3, 0.4) is 0 Å². The van der Waals surface area contributed by atoms with Crippen LogP contribution in [-0.2, 0) is 0 Å². The quantitative estimate of drug-likeness (QED) is 0.669. The highest BCUT2D eigenvalue weighted by Crippen LogP contribution is 2.26. The molecule has 0 saturated carbocycles. The molecule has 1 heterocycles. The van der Waals surface area contributed by atoms with Crippen LogP contribution in [0.5, 0.6) is 0 Å². The summed E-state index contributed by atoms with van der Waals surface area (Å²) in [7, 11) is 0. The Hall–Kier alpha value is -1.89. The fourth-order valence-electron chi connectivity index (χ4n) is 1.48. The van der Waals surface area contributed by atoms with Gasteiger partial charge < -0.3 is 9.52 Å². The molecule has 1 N–H and O–H groups in total. The summed E-state index contributed by atoms with van der Waals surface area (Å²) in [6, 6.07) is 4.61. The number of benzene rings is 1. The lowest BCUT2D eigenvalue weighted by Crippen LogP contribution is -1.96. The van der Waals surface area contributed by atoms with Gasteiger partial charge in [-0.05, 0) is 24.6 Å². The Morgan fingerprint density at radius 1 is 1.47 bits per heavy atom. The van der Waals surface area contributed by atoms with Crippen molar-refractivity contribution in [1.29, 1.82) is 0 Å². The van der Waals surface area contributed by atoms with Gasteiger partial charge in [-0.3, -0.25) is 0 Å². The lowest BCUT2D eigenvalue weighted by Gasteiger charge is -1.92. The third-order valence-electron chi connectivity index (χ3n) is 2.27. The maximum atomic E-state index is 11.8. The Labute approximate surface area is 111 Å². The van der Waals surface area contributed by atoms with Crippen molar-refractivity contribution in [3.63, 3.8) is 0 Å². The van der Waals surface area contributed by atoms with E-state index >= 15 is 0 Å². The van der Waals surface area contributed by atoms with E-state index in [1.807, 2.05) is 0 Å². The largest absolute Gasteiger partial charge is 0.478 e. The molecule has 0 saturated heterocycles. The van der Waals surface area contributed by atoms with Gasteiger partial charge in [0, 0.05) is 5.75 Å². The number of carbonyl (C=O) groups is 1. The third-order valence-corrected chi connectivity index (χ3v) is 3.13. The van der Waals surface area contributed by atoms with Gasteiger partial charge in [0.05, 0.1) is 5.56 Å². The molecule has 4 nitrogen and oxygen atoms in total. The summed E-state index contributed by atoms with van der Waals surface area (Å²) >= 11 is 1.16. The van der Waals surface area contributed by atoms with Gasteiger partial charge in [-0.2, -0.15) is 8.78 Å². The van der Waals surface area contributed by atoms with Crippen LogP contribution in [0.15, 0.2) is 40.0 Å². The minimum absolute atomic E-state index is 0.0581. The predicted octanol–water partition coefficient (Wildman–Crippen LogP) is 3.79. The van der Waals surface area contributed by atoms with Crippen LogP contribution in [0.4, 0.5) is 8.78 Å². The zero-order valence-electron chi connectivity index (χ0n) is 9.60. The van der Waals surface area contributed by atoms with E-state index in [1.54, 1.807) is 12.1 Å². The maximum Gasteiger partial charge on any atom is 0.338 e. The average Bonchev–Trinajstić information content (AvgIpc) is 2.76. The van der Waals surface area contributed by atoms with Gasteiger partial charge in [0.2, 0.25) is 0 Å². The number of carboxylic acid groups (broad SMARTS) is 1. The fraction of sp³-hybridized carbons (Fsp3) is 0.167. The second kappa shape index (κ2) is 5.83. The molecule has 0 amide bonds. The monoisotopic (exact) mass is 285 g/mol. The molecule has 0 atom stereocenters. The smallest absolute Gasteiger partial charge is 0.338 e. The number of thioether (sulfide) groups is 1. The number of para-hydroxylation sites is 1. The van der Waals surface area contributed by atoms with Crippen molar-refractivity contribution in [2.24, 2.45) is 0 Å². The van der Waals surface area contributed by atoms with Gasteiger partial charge in [-0.25, -0.2) is 9.78 Å². The molecule has 100 valence electrons.